The Labute approximate surface area is 94.8 Å². The van der Waals surface area contributed by atoms with Crippen molar-refractivity contribution in [1.82, 2.24) is 0 Å². The fourth-order valence-corrected chi connectivity index (χ4v) is 2.04. The van der Waals surface area contributed by atoms with E-state index < -0.39 is 6.17 Å². The number of anilines is 1. The molecule has 4 heteroatoms. The van der Waals surface area contributed by atoms with Crippen LogP contribution >= 0.6 is 0 Å². The largest absolute Gasteiger partial charge is 0.312 e. The van der Waals surface area contributed by atoms with Gasteiger partial charge in [0.2, 0.25) is 0 Å². The lowest BCUT2D eigenvalue weighted by Crippen LogP contribution is -2.40. The van der Waals surface area contributed by atoms with Gasteiger partial charge in [0, 0.05) is 18.3 Å². The molecule has 1 atom stereocenters. The molecule has 1 amide bonds. The molecule has 2 N–H and O–H groups in total. The van der Waals surface area contributed by atoms with E-state index >= 15 is 0 Å². The van der Waals surface area contributed by atoms with Gasteiger partial charge in [-0.1, -0.05) is 18.2 Å². The highest BCUT2D eigenvalue weighted by Crippen LogP contribution is 2.27. The molecule has 0 aromatic heterocycles. The quantitative estimate of drug-likeness (QED) is 0.706. The van der Waals surface area contributed by atoms with Crippen LogP contribution in [0.5, 0.6) is 0 Å². The molecule has 1 heterocycles. The van der Waals surface area contributed by atoms with Crippen LogP contribution < -0.4 is 10.6 Å². The van der Waals surface area contributed by atoms with Gasteiger partial charge >= 0.3 is 0 Å². The molecule has 0 saturated heterocycles. The first-order chi connectivity index (χ1) is 7.52. The number of benzodiazepines with no additional fused rings is 1. The fourth-order valence-electron chi connectivity index (χ4n) is 2.04. The zero-order valence-electron chi connectivity index (χ0n) is 9.69. The van der Waals surface area contributed by atoms with Crippen LogP contribution in [-0.2, 0) is 4.79 Å². The second-order valence-corrected chi connectivity index (χ2v) is 4.03. The third-order valence-electron chi connectivity index (χ3n) is 2.88. The molecule has 16 heavy (non-hydrogen) atoms. The van der Waals surface area contributed by atoms with Crippen LogP contribution in [0.15, 0.2) is 23.2 Å². The van der Waals surface area contributed by atoms with Gasteiger partial charge in [-0.25, -0.2) is 0 Å². The van der Waals surface area contributed by atoms with Crippen molar-refractivity contribution in [2.24, 2.45) is 10.7 Å². The van der Waals surface area contributed by atoms with E-state index in [1.54, 1.807) is 11.9 Å². The number of carbonyl (C=O) groups excluding carboxylic acids is 1. The number of rotatable bonds is 0. The predicted molar refractivity (Wildman–Crippen MR) is 64.8 cm³/mol. The highest BCUT2D eigenvalue weighted by molar-refractivity contribution is 6.12. The molecule has 0 radical (unpaired) electrons. The lowest BCUT2D eigenvalue weighted by Gasteiger charge is -2.20. The van der Waals surface area contributed by atoms with Crippen LogP contribution in [0.25, 0.3) is 0 Å². The summed E-state index contributed by atoms with van der Waals surface area (Å²) in [6, 6.07) is 5.90. The SMILES string of the molecule is CC1=NC(N)C(=O)N(C)c2c(C)cccc21. The Kier molecular flexibility index (Phi) is 2.52. The number of para-hydroxylation sites is 1. The zero-order chi connectivity index (χ0) is 11.9. The van der Waals surface area contributed by atoms with Crippen molar-refractivity contribution >= 4 is 17.3 Å². The third-order valence-corrected chi connectivity index (χ3v) is 2.88. The average Bonchev–Trinajstić information content (AvgIpc) is 2.32. The van der Waals surface area contributed by atoms with Crippen molar-refractivity contribution in [3.63, 3.8) is 0 Å². The van der Waals surface area contributed by atoms with E-state index in [4.69, 9.17) is 5.73 Å². The molecular weight excluding hydrogens is 202 g/mol. The van der Waals surface area contributed by atoms with Crippen LogP contribution in [0.3, 0.4) is 0 Å². The summed E-state index contributed by atoms with van der Waals surface area (Å²) >= 11 is 0. The molecule has 0 aliphatic carbocycles. The summed E-state index contributed by atoms with van der Waals surface area (Å²) < 4.78 is 0. The lowest BCUT2D eigenvalue weighted by atomic mass is 10.0. The summed E-state index contributed by atoms with van der Waals surface area (Å²) in [5, 5.41) is 0. The number of aryl methyl sites for hydroxylation is 1. The number of hydrogen-bond acceptors (Lipinski definition) is 3. The van der Waals surface area contributed by atoms with Crippen molar-refractivity contribution in [2.75, 3.05) is 11.9 Å². The van der Waals surface area contributed by atoms with Crippen LogP contribution in [0, 0.1) is 6.92 Å². The number of amides is 1. The van der Waals surface area contributed by atoms with Gasteiger partial charge in [-0.15, -0.1) is 0 Å². The maximum Gasteiger partial charge on any atom is 0.266 e. The van der Waals surface area contributed by atoms with E-state index in [9.17, 15) is 4.79 Å². The molecule has 0 fully saturated rings. The van der Waals surface area contributed by atoms with Gasteiger partial charge in [-0.05, 0) is 19.4 Å². The molecule has 1 unspecified atom stereocenters. The van der Waals surface area contributed by atoms with Crippen molar-refractivity contribution in [3.8, 4) is 0 Å². The summed E-state index contributed by atoms with van der Waals surface area (Å²) in [4.78, 5) is 17.7. The Morgan fingerprint density at radius 3 is 2.75 bits per heavy atom. The van der Waals surface area contributed by atoms with Crippen molar-refractivity contribution < 1.29 is 4.79 Å². The van der Waals surface area contributed by atoms with Gasteiger partial charge in [0.25, 0.3) is 5.91 Å². The first-order valence-corrected chi connectivity index (χ1v) is 5.20. The van der Waals surface area contributed by atoms with E-state index in [0.717, 1.165) is 22.5 Å². The van der Waals surface area contributed by atoms with Gasteiger partial charge in [0.1, 0.15) is 0 Å². The number of carbonyl (C=O) groups is 1. The second-order valence-electron chi connectivity index (χ2n) is 4.03. The highest BCUT2D eigenvalue weighted by Gasteiger charge is 2.26. The summed E-state index contributed by atoms with van der Waals surface area (Å²) in [6.45, 7) is 3.86. The summed E-state index contributed by atoms with van der Waals surface area (Å²) in [5.41, 5.74) is 9.45. The third kappa shape index (κ3) is 1.51. The van der Waals surface area contributed by atoms with E-state index in [1.807, 2.05) is 32.0 Å². The van der Waals surface area contributed by atoms with Crippen molar-refractivity contribution in [2.45, 2.75) is 20.0 Å². The topological polar surface area (TPSA) is 58.7 Å². The normalized spacial score (nSPS) is 20.2. The number of aliphatic imine (C=N–C) groups is 1. The van der Waals surface area contributed by atoms with Crippen LogP contribution in [0.2, 0.25) is 0 Å². The molecule has 1 aromatic rings. The molecule has 84 valence electrons. The average molecular weight is 217 g/mol. The molecule has 0 saturated carbocycles. The van der Waals surface area contributed by atoms with Crippen LogP contribution in [0.1, 0.15) is 18.1 Å². The van der Waals surface area contributed by atoms with Crippen LogP contribution in [0.4, 0.5) is 5.69 Å². The molecule has 1 aliphatic rings. The Bertz CT molecular complexity index is 479. The summed E-state index contributed by atoms with van der Waals surface area (Å²) in [7, 11) is 1.74. The molecular formula is C12H15N3O. The first kappa shape index (κ1) is 10.8. The van der Waals surface area contributed by atoms with E-state index in [-0.39, 0.29) is 5.91 Å². The number of nitrogens with zero attached hydrogens (tertiary/aromatic N) is 2. The molecule has 1 aliphatic heterocycles. The Morgan fingerprint density at radius 1 is 1.38 bits per heavy atom. The molecule has 0 spiro atoms. The van der Waals surface area contributed by atoms with Gasteiger partial charge in [-0.2, -0.15) is 0 Å². The number of benzene rings is 1. The Balaban J connectivity index is 2.70. The Morgan fingerprint density at radius 2 is 2.06 bits per heavy atom. The second kappa shape index (κ2) is 3.72. The molecule has 0 bridgehead atoms. The zero-order valence-corrected chi connectivity index (χ0v) is 9.69. The number of likely N-dealkylation sites (N-methyl/N-ethyl adjacent to an activating group) is 1. The van der Waals surface area contributed by atoms with E-state index in [0.29, 0.717) is 0 Å². The van der Waals surface area contributed by atoms with Crippen LogP contribution in [-0.4, -0.2) is 24.8 Å². The minimum atomic E-state index is -0.795. The highest BCUT2D eigenvalue weighted by atomic mass is 16.2. The summed E-state index contributed by atoms with van der Waals surface area (Å²) in [6.07, 6.45) is -0.795. The molecule has 1 aromatic carbocycles. The minimum absolute atomic E-state index is 0.174. The van der Waals surface area contributed by atoms with Crippen molar-refractivity contribution in [3.05, 3.63) is 29.3 Å². The standard InChI is InChI=1S/C12H15N3O/c1-7-5-4-6-9-8(2)14-11(13)12(16)15(3)10(7)9/h4-6,11H,13H2,1-3H3. The Hall–Kier alpha value is -1.68. The first-order valence-electron chi connectivity index (χ1n) is 5.20. The van der Waals surface area contributed by atoms with E-state index in [2.05, 4.69) is 4.99 Å². The maximum absolute atomic E-state index is 11.9. The maximum atomic E-state index is 11.9. The molecule has 2 rings (SSSR count). The molecule has 4 nitrogen and oxygen atoms in total. The van der Waals surface area contributed by atoms with Gasteiger partial charge in [0.15, 0.2) is 6.17 Å². The van der Waals surface area contributed by atoms with E-state index in [1.165, 1.54) is 0 Å². The fraction of sp³-hybridized carbons (Fsp3) is 0.333. The smallest absolute Gasteiger partial charge is 0.266 e. The van der Waals surface area contributed by atoms with Gasteiger partial charge < -0.3 is 10.6 Å². The number of fused-ring (bicyclic) bond motifs is 1. The number of hydrogen-bond donors (Lipinski definition) is 1. The number of nitrogens with two attached hydrogens (primary N) is 1. The predicted octanol–water partition coefficient (Wildman–Crippen LogP) is 1.07. The van der Waals surface area contributed by atoms with Crippen molar-refractivity contribution in [1.29, 1.82) is 0 Å². The lowest BCUT2D eigenvalue weighted by molar-refractivity contribution is -0.119. The minimum Gasteiger partial charge on any atom is -0.312 e. The monoisotopic (exact) mass is 217 g/mol. The summed E-state index contributed by atoms with van der Waals surface area (Å²) in [5.74, 6) is -0.174. The van der Waals surface area contributed by atoms with Gasteiger partial charge in [0.05, 0.1) is 5.69 Å². The van der Waals surface area contributed by atoms with Gasteiger partial charge in [-0.3, -0.25) is 9.79 Å².